The Hall–Kier alpha value is -4.50. The van der Waals surface area contributed by atoms with Crippen LogP contribution in [0.25, 0.3) is 27.5 Å². The van der Waals surface area contributed by atoms with E-state index in [9.17, 15) is 14.4 Å². The molecule has 3 aromatic heterocycles. The summed E-state index contributed by atoms with van der Waals surface area (Å²) in [5.41, 5.74) is 0.994. The molecule has 0 fully saturated rings. The molecule has 0 aliphatic heterocycles. The Balaban J connectivity index is 1.79. The van der Waals surface area contributed by atoms with Crippen LogP contribution in [-0.4, -0.2) is 32.5 Å². The minimum atomic E-state index is -0.573. The monoisotopic (exact) mass is 500 g/mol. The van der Waals surface area contributed by atoms with E-state index in [1.54, 1.807) is 30.3 Å². The number of nitrogens with zero attached hydrogens (tertiary/aromatic N) is 3. The molecule has 0 bridgehead atoms. The number of benzene rings is 2. The number of carbonyl (C=O) groups excluding carboxylic acids is 1. The van der Waals surface area contributed by atoms with Gasteiger partial charge in [0.15, 0.2) is 5.43 Å². The molecule has 36 heavy (non-hydrogen) atoms. The number of hydrogen-bond donors (Lipinski definition) is 3. The maximum Gasteiger partial charge on any atom is 0.264 e. The third-order valence-electron chi connectivity index (χ3n) is 5.98. The number of rotatable bonds is 5. The van der Waals surface area contributed by atoms with E-state index in [-0.39, 0.29) is 22.3 Å². The number of halogens is 1. The summed E-state index contributed by atoms with van der Waals surface area (Å²) < 4.78 is 1.49. The number of nitrogens with one attached hydrogen (secondary N) is 3. The van der Waals surface area contributed by atoms with Crippen LogP contribution in [0.4, 0.5) is 5.82 Å². The SMILES string of the molecule is CNC(=O)c1cccc2c(Cl)c([C@H](C)Nc3ncnc4[nH]ccc(=O)c34)n(-c3ccccc3)c(=O)c12. The van der Waals surface area contributed by atoms with Crippen molar-refractivity contribution in [2.45, 2.75) is 13.0 Å². The van der Waals surface area contributed by atoms with Gasteiger partial charge in [-0.3, -0.25) is 19.0 Å². The first-order valence-corrected chi connectivity index (χ1v) is 11.5. The number of fused-ring (bicyclic) bond motifs is 2. The normalized spacial score (nSPS) is 12.0. The van der Waals surface area contributed by atoms with Gasteiger partial charge in [0.2, 0.25) is 0 Å². The number of H-pyrrole nitrogens is 1. The zero-order valence-corrected chi connectivity index (χ0v) is 20.1. The molecule has 5 aromatic rings. The second-order valence-electron chi connectivity index (χ2n) is 8.14. The van der Waals surface area contributed by atoms with Crippen molar-refractivity contribution >= 4 is 45.1 Å². The van der Waals surface area contributed by atoms with Crippen molar-refractivity contribution < 1.29 is 4.79 Å². The number of amides is 1. The largest absolute Gasteiger partial charge is 0.361 e. The molecule has 0 aliphatic rings. The molecule has 3 N–H and O–H groups in total. The molecule has 0 spiro atoms. The van der Waals surface area contributed by atoms with Crippen molar-refractivity contribution in [3.8, 4) is 5.69 Å². The molecule has 9 nitrogen and oxygen atoms in total. The smallest absolute Gasteiger partial charge is 0.264 e. The van der Waals surface area contributed by atoms with Crippen LogP contribution in [0.2, 0.25) is 5.02 Å². The van der Waals surface area contributed by atoms with Gasteiger partial charge in [0.1, 0.15) is 23.2 Å². The Morgan fingerprint density at radius 2 is 1.81 bits per heavy atom. The van der Waals surface area contributed by atoms with Gasteiger partial charge in [-0.05, 0) is 25.1 Å². The molecule has 10 heteroatoms. The summed E-state index contributed by atoms with van der Waals surface area (Å²) in [6.45, 7) is 1.82. The lowest BCUT2D eigenvalue weighted by Crippen LogP contribution is -2.29. The van der Waals surface area contributed by atoms with Crippen LogP contribution in [0, 0.1) is 0 Å². The minimum Gasteiger partial charge on any atom is -0.361 e. The van der Waals surface area contributed by atoms with E-state index >= 15 is 0 Å². The van der Waals surface area contributed by atoms with Crippen LogP contribution in [0.15, 0.2) is 76.7 Å². The average Bonchev–Trinajstić information content (AvgIpc) is 2.90. The standard InChI is InChI=1S/C26H21ClN6O3/c1-14(32-24-20-18(34)11-12-29-23(20)30-13-31-24)22-21(27)16-9-6-10-17(25(35)28-2)19(16)26(36)33(22)15-7-4-3-5-8-15/h3-14H,1-2H3,(H,28,35)(H2,29,30,31,32,34)/t14-/m0/s1. The molecular weight excluding hydrogens is 480 g/mol. The molecule has 0 aliphatic carbocycles. The number of aromatic amines is 1. The van der Waals surface area contributed by atoms with Gasteiger partial charge in [-0.1, -0.05) is 41.9 Å². The number of carbonyl (C=O) groups is 1. The predicted octanol–water partition coefficient (Wildman–Crippen LogP) is 3.81. The van der Waals surface area contributed by atoms with Gasteiger partial charge in [-0.25, -0.2) is 9.97 Å². The number of pyridine rings is 2. The highest BCUT2D eigenvalue weighted by molar-refractivity contribution is 6.36. The molecule has 5 rings (SSSR count). The highest BCUT2D eigenvalue weighted by atomic mass is 35.5. The molecule has 2 aromatic carbocycles. The van der Waals surface area contributed by atoms with E-state index in [4.69, 9.17) is 11.6 Å². The molecule has 3 heterocycles. The van der Waals surface area contributed by atoms with Crippen molar-refractivity contribution in [3.05, 3.63) is 104 Å². The summed E-state index contributed by atoms with van der Waals surface area (Å²) in [4.78, 5) is 50.5. The fraction of sp³-hybridized carbons (Fsp3) is 0.115. The van der Waals surface area contributed by atoms with Gasteiger partial charge in [0.25, 0.3) is 11.5 Å². The molecule has 0 saturated carbocycles. The first kappa shape index (κ1) is 23.3. The van der Waals surface area contributed by atoms with Crippen LogP contribution in [0.5, 0.6) is 0 Å². The Kier molecular flexibility index (Phi) is 5.99. The van der Waals surface area contributed by atoms with E-state index in [1.807, 2.05) is 25.1 Å². The van der Waals surface area contributed by atoms with E-state index in [1.165, 1.54) is 30.2 Å². The highest BCUT2D eigenvalue weighted by Gasteiger charge is 2.25. The first-order chi connectivity index (χ1) is 17.4. The molecule has 0 radical (unpaired) electrons. The van der Waals surface area contributed by atoms with E-state index in [0.717, 1.165) is 0 Å². The topological polar surface area (TPSA) is 122 Å². The fourth-order valence-electron chi connectivity index (χ4n) is 4.35. The maximum absolute atomic E-state index is 14.0. The Morgan fingerprint density at radius 3 is 2.56 bits per heavy atom. The lowest BCUT2D eigenvalue weighted by Gasteiger charge is -2.23. The predicted molar refractivity (Wildman–Crippen MR) is 140 cm³/mol. The van der Waals surface area contributed by atoms with Crippen LogP contribution < -0.4 is 21.6 Å². The van der Waals surface area contributed by atoms with Crippen LogP contribution in [-0.2, 0) is 0 Å². The van der Waals surface area contributed by atoms with Crippen molar-refractivity contribution in [3.63, 3.8) is 0 Å². The van der Waals surface area contributed by atoms with Crippen molar-refractivity contribution in [2.75, 3.05) is 12.4 Å². The quantitative estimate of drug-likeness (QED) is 0.337. The lowest BCUT2D eigenvalue weighted by atomic mass is 10.0. The molecule has 1 atom stereocenters. The van der Waals surface area contributed by atoms with Gasteiger partial charge >= 0.3 is 0 Å². The third kappa shape index (κ3) is 3.79. The maximum atomic E-state index is 14.0. The lowest BCUT2D eigenvalue weighted by molar-refractivity contribution is 0.0964. The first-order valence-electron chi connectivity index (χ1n) is 11.2. The Bertz CT molecular complexity index is 1740. The summed E-state index contributed by atoms with van der Waals surface area (Å²) in [7, 11) is 1.51. The summed E-state index contributed by atoms with van der Waals surface area (Å²) in [6.07, 6.45) is 2.86. The van der Waals surface area contributed by atoms with E-state index in [0.29, 0.717) is 38.6 Å². The second-order valence-corrected chi connectivity index (χ2v) is 8.51. The zero-order valence-electron chi connectivity index (χ0n) is 19.4. The van der Waals surface area contributed by atoms with Gasteiger partial charge in [0.05, 0.1) is 27.7 Å². The average molecular weight is 501 g/mol. The van der Waals surface area contributed by atoms with Gasteiger partial charge < -0.3 is 15.6 Å². The van der Waals surface area contributed by atoms with Gasteiger partial charge in [0, 0.05) is 30.4 Å². The Morgan fingerprint density at radius 1 is 1.03 bits per heavy atom. The number of para-hydroxylation sites is 1. The van der Waals surface area contributed by atoms with Gasteiger partial charge in [-0.2, -0.15) is 0 Å². The molecule has 180 valence electrons. The second kappa shape index (κ2) is 9.27. The fourth-order valence-corrected chi connectivity index (χ4v) is 4.76. The van der Waals surface area contributed by atoms with Crippen molar-refractivity contribution in [2.24, 2.45) is 0 Å². The van der Waals surface area contributed by atoms with E-state index in [2.05, 4.69) is 25.6 Å². The number of aromatic nitrogens is 4. The highest BCUT2D eigenvalue weighted by Crippen LogP contribution is 2.34. The van der Waals surface area contributed by atoms with Crippen LogP contribution in [0.1, 0.15) is 29.0 Å². The van der Waals surface area contributed by atoms with E-state index < -0.39 is 11.6 Å². The summed E-state index contributed by atoms with van der Waals surface area (Å²) in [6, 6.07) is 14.8. The minimum absolute atomic E-state index is 0.214. The van der Waals surface area contributed by atoms with Crippen LogP contribution in [0.3, 0.4) is 0 Å². The third-order valence-corrected chi connectivity index (χ3v) is 6.38. The Labute approximate surface area is 209 Å². The summed E-state index contributed by atoms with van der Waals surface area (Å²) in [5.74, 6) is -0.0873. The molecule has 0 saturated heterocycles. The molecular formula is C26H21ClN6O3. The summed E-state index contributed by atoms with van der Waals surface area (Å²) in [5, 5.41) is 7.07. The summed E-state index contributed by atoms with van der Waals surface area (Å²) >= 11 is 6.97. The number of hydrogen-bond acceptors (Lipinski definition) is 6. The molecule has 1 amide bonds. The number of anilines is 1. The zero-order chi connectivity index (χ0) is 25.4. The van der Waals surface area contributed by atoms with Crippen molar-refractivity contribution in [1.29, 1.82) is 0 Å². The van der Waals surface area contributed by atoms with Crippen LogP contribution >= 0.6 is 11.6 Å². The van der Waals surface area contributed by atoms with Gasteiger partial charge in [-0.15, -0.1) is 0 Å². The van der Waals surface area contributed by atoms with Crippen molar-refractivity contribution in [1.82, 2.24) is 24.8 Å². The molecule has 0 unspecified atom stereocenters.